The molecule has 0 atom stereocenters. The Hall–Kier alpha value is -1.09. The Bertz CT molecular complexity index is 368. The van der Waals surface area contributed by atoms with Crippen LogP contribution in [0.5, 0.6) is 0 Å². The molecule has 0 fully saturated rings. The second-order valence-corrected chi connectivity index (χ2v) is 4.41. The first-order valence-electron chi connectivity index (χ1n) is 6.02. The zero-order valence-electron chi connectivity index (χ0n) is 9.87. The number of ether oxygens (including phenoxy) is 1. The summed E-state index contributed by atoms with van der Waals surface area (Å²) in [4.78, 5) is 11.6. The molecule has 0 aliphatic heterocycles. The van der Waals surface area contributed by atoms with E-state index in [1.54, 1.807) is 7.11 Å². The van der Waals surface area contributed by atoms with Crippen molar-refractivity contribution in [1.29, 1.82) is 0 Å². The number of nitrogens with zero attached hydrogens (tertiary/aromatic N) is 1. The summed E-state index contributed by atoms with van der Waals surface area (Å²) >= 11 is 0. The number of methoxy groups -OCH3 is 1. The minimum absolute atomic E-state index is 0.317. The van der Waals surface area contributed by atoms with E-state index in [-0.39, 0.29) is 0 Å². The maximum Gasteiger partial charge on any atom is 0.164 e. The van der Waals surface area contributed by atoms with E-state index in [4.69, 9.17) is 4.74 Å². The van der Waals surface area contributed by atoms with Crippen molar-refractivity contribution in [1.82, 2.24) is 4.57 Å². The van der Waals surface area contributed by atoms with Gasteiger partial charge in [-0.2, -0.15) is 0 Å². The maximum absolute atomic E-state index is 11.6. The Morgan fingerprint density at radius 1 is 1.31 bits per heavy atom. The molecular formula is C13H19NO2. The first-order chi connectivity index (χ1) is 7.81. The second kappa shape index (κ2) is 5.30. The fourth-order valence-corrected chi connectivity index (χ4v) is 2.25. The number of aryl methyl sites for hydroxylation is 2. The molecule has 0 aromatic carbocycles. The third-order valence-electron chi connectivity index (χ3n) is 3.13. The van der Waals surface area contributed by atoms with Crippen LogP contribution >= 0.6 is 0 Å². The molecule has 1 heterocycles. The van der Waals surface area contributed by atoms with Crippen LogP contribution in [0.1, 0.15) is 41.6 Å². The Morgan fingerprint density at radius 2 is 2.19 bits per heavy atom. The van der Waals surface area contributed by atoms with Gasteiger partial charge in [-0.05, 0) is 31.2 Å². The lowest BCUT2D eigenvalue weighted by molar-refractivity contribution is 0.0973. The van der Waals surface area contributed by atoms with Gasteiger partial charge in [0.1, 0.15) is 0 Å². The van der Waals surface area contributed by atoms with Gasteiger partial charge >= 0.3 is 0 Å². The fraction of sp³-hybridized carbons (Fsp3) is 0.615. The van der Waals surface area contributed by atoms with Crippen LogP contribution in [0.15, 0.2) is 12.4 Å². The molecule has 1 aromatic rings. The van der Waals surface area contributed by atoms with Crippen molar-refractivity contribution >= 4 is 5.78 Å². The van der Waals surface area contributed by atoms with Crippen LogP contribution in [0.3, 0.4) is 0 Å². The number of carbonyl (C=O) groups is 1. The second-order valence-electron chi connectivity index (χ2n) is 4.41. The zero-order chi connectivity index (χ0) is 11.4. The average Bonchev–Trinajstić information content (AvgIpc) is 2.69. The first-order valence-corrected chi connectivity index (χ1v) is 6.02. The molecule has 1 aromatic heterocycles. The van der Waals surface area contributed by atoms with E-state index in [0.717, 1.165) is 50.8 Å². The van der Waals surface area contributed by atoms with Crippen molar-refractivity contribution in [2.45, 2.75) is 38.6 Å². The van der Waals surface area contributed by atoms with E-state index >= 15 is 0 Å². The molecule has 0 saturated carbocycles. The summed E-state index contributed by atoms with van der Waals surface area (Å²) in [5, 5.41) is 0. The van der Waals surface area contributed by atoms with Crippen LogP contribution in [-0.2, 0) is 17.7 Å². The lowest BCUT2D eigenvalue weighted by Gasteiger charge is -2.07. The molecule has 1 aliphatic rings. The Morgan fingerprint density at radius 3 is 2.94 bits per heavy atom. The molecule has 1 aliphatic carbocycles. The summed E-state index contributed by atoms with van der Waals surface area (Å²) in [5.41, 5.74) is 2.20. The zero-order valence-corrected chi connectivity index (χ0v) is 9.87. The van der Waals surface area contributed by atoms with Gasteiger partial charge in [0.2, 0.25) is 0 Å². The predicted octanol–water partition coefficient (Wildman–Crippen LogP) is 2.43. The third-order valence-corrected chi connectivity index (χ3v) is 3.13. The van der Waals surface area contributed by atoms with Crippen LogP contribution in [0, 0.1) is 0 Å². The first kappa shape index (κ1) is 11.4. The molecular weight excluding hydrogens is 202 g/mol. The van der Waals surface area contributed by atoms with Gasteiger partial charge < -0.3 is 9.30 Å². The van der Waals surface area contributed by atoms with Crippen LogP contribution in [0.25, 0.3) is 0 Å². The highest BCUT2D eigenvalue weighted by molar-refractivity contribution is 5.98. The fourth-order valence-electron chi connectivity index (χ4n) is 2.25. The standard InChI is InChI=1S/C13H19NO2/c1-16-8-3-2-7-14-9-11-5-4-6-13(15)12(11)10-14/h9-10H,2-8H2,1H3. The highest BCUT2D eigenvalue weighted by Gasteiger charge is 2.18. The molecule has 0 N–H and O–H groups in total. The monoisotopic (exact) mass is 221 g/mol. The summed E-state index contributed by atoms with van der Waals surface area (Å²) in [5.74, 6) is 0.317. The van der Waals surface area contributed by atoms with Gasteiger partial charge in [-0.15, -0.1) is 0 Å². The minimum atomic E-state index is 0.317. The molecule has 2 rings (SSSR count). The van der Waals surface area contributed by atoms with Crippen molar-refractivity contribution in [3.63, 3.8) is 0 Å². The number of hydrogen-bond acceptors (Lipinski definition) is 2. The van der Waals surface area contributed by atoms with Crippen LogP contribution in [0.4, 0.5) is 0 Å². The van der Waals surface area contributed by atoms with E-state index in [1.807, 2.05) is 6.20 Å². The summed E-state index contributed by atoms with van der Waals surface area (Å²) in [7, 11) is 1.73. The highest BCUT2D eigenvalue weighted by Crippen LogP contribution is 2.22. The Kier molecular flexibility index (Phi) is 3.78. The normalized spacial score (nSPS) is 15.2. The van der Waals surface area contributed by atoms with Gasteiger partial charge in [0.15, 0.2) is 5.78 Å². The van der Waals surface area contributed by atoms with Gasteiger partial charge in [0.25, 0.3) is 0 Å². The van der Waals surface area contributed by atoms with Gasteiger partial charge in [-0.3, -0.25) is 4.79 Å². The van der Waals surface area contributed by atoms with Gasteiger partial charge in [-0.25, -0.2) is 0 Å². The van der Waals surface area contributed by atoms with Crippen LogP contribution in [-0.4, -0.2) is 24.1 Å². The molecule has 3 heteroatoms. The third kappa shape index (κ3) is 2.53. The molecule has 88 valence electrons. The van der Waals surface area contributed by atoms with E-state index in [0.29, 0.717) is 5.78 Å². The minimum Gasteiger partial charge on any atom is -0.385 e. The van der Waals surface area contributed by atoms with Crippen molar-refractivity contribution in [2.24, 2.45) is 0 Å². The molecule has 0 saturated heterocycles. The van der Waals surface area contributed by atoms with Crippen molar-refractivity contribution in [2.75, 3.05) is 13.7 Å². The van der Waals surface area contributed by atoms with Crippen molar-refractivity contribution in [3.8, 4) is 0 Å². The SMILES string of the molecule is COCCCCn1cc2c(c1)C(=O)CCC2. The molecule has 0 unspecified atom stereocenters. The Balaban J connectivity index is 1.93. The van der Waals surface area contributed by atoms with Gasteiger partial charge in [-0.1, -0.05) is 0 Å². The lowest BCUT2D eigenvalue weighted by Crippen LogP contribution is -2.07. The molecule has 0 spiro atoms. The summed E-state index contributed by atoms with van der Waals surface area (Å²) in [6.45, 7) is 1.81. The number of ketones is 1. The number of rotatable bonds is 5. The van der Waals surface area contributed by atoms with Crippen LogP contribution < -0.4 is 0 Å². The Labute approximate surface area is 96.4 Å². The largest absolute Gasteiger partial charge is 0.385 e. The van der Waals surface area contributed by atoms with E-state index < -0.39 is 0 Å². The lowest BCUT2D eigenvalue weighted by atomic mass is 9.95. The number of fused-ring (bicyclic) bond motifs is 1. The van der Waals surface area contributed by atoms with Crippen molar-refractivity contribution in [3.05, 3.63) is 23.5 Å². The number of carbonyl (C=O) groups excluding carboxylic acids is 1. The topological polar surface area (TPSA) is 31.2 Å². The molecule has 0 radical (unpaired) electrons. The molecule has 0 bridgehead atoms. The van der Waals surface area contributed by atoms with E-state index in [1.165, 1.54) is 5.56 Å². The summed E-state index contributed by atoms with van der Waals surface area (Å²) < 4.78 is 7.17. The van der Waals surface area contributed by atoms with Crippen LogP contribution in [0.2, 0.25) is 0 Å². The molecule has 3 nitrogen and oxygen atoms in total. The molecule has 0 amide bonds. The van der Waals surface area contributed by atoms with E-state index in [2.05, 4.69) is 10.8 Å². The number of aromatic nitrogens is 1. The predicted molar refractivity (Wildman–Crippen MR) is 62.8 cm³/mol. The van der Waals surface area contributed by atoms with Crippen molar-refractivity contribution < 1.29 is 9.53 Å². The number of unbranched alkanes of at least 4 members (excludes halogenated alkanes) is 1. The quantitative estimate of drug-likeness (QED) is 0.715. The summed E-state index contributed by atoms with van der Waals surface area (Å²) in [6.07, 6.45) is 9.14. The smallest absolute Gasteiger partial charge is 0.164 e. The highest BCUT2D eigenvalue weighted by atomic mass is 16.5. The number of hydrogen-bond donors (Lipinski definition) is 0. The van der Waals surface area contributed by atoms with E-state index in [9.17, 15) is 4.79 Å². The van der Waals surface area contributed by atoms with Gasteiger partial charge in [0.05, 0.1) is 0 Å². The average molecular weight is 221 g/mol. The molecule has 16 heavy (non-hydrogen) atoms. The van der Waals surface area contributed by atoms with Gasteiger partial charge in [0, 0.05) is 44.6 Å². The maximum atomic E-state index is 11.6. The number of Topliss-reactive ketones (excluding diaryl/α,β-unsaturated/α-hetero) is 1. The summed E-state index contributed by atoms with van der Waals surface area (Å²) in [6, 6.07) is 0.